The molecule has 0 aliphatic heterocycles. The lowest BCUT2D eigenvalue weighted by Gasteiger charge is -2.14. The van der Waals surface area contributed by atoms with E-state index in [0.717, 1.165) is 27.8 Å². The minimum Gasteiger partial charge on any atom is -0.395 e. The number of hydrogen-bond acceptors (Lipinski definition) is 2. The Morgan fingerprint density at radius 3 is 2.12 bits per heavy atom. The molecule has 88 valence electrons. The summed E-state index contributed by atoms with van der Waals surface area (Å²) in [5.74, 6) is -0.101. The first kappa shape index (κ1) is 12.7. The molecule has 3 heteroatoms. The van der Waals surface area contributed by atoms with Gasteiger partial charge >= 0.3 is 0 Å². The number of benzene rings is 1. The highest BCUT2D eigenvalue weighted by molar-refractivity contribution is 5.97. The number of rotatable bonds is 3. The van der Waals surface area contributed by atoms with E-state index in [4.69, 9.17) is 5.11 Å². The van der Waals surface area contributed by atoms with Crippen molar-refractivity contribution in [2.75, 3.05) is 13.2 Å². The normalized spacial score (nSPS) is 10.3. The van der Waals surface area contributed by atoms with Gasteiger partial charge in [0.05, 0.1) is 6.61 Å². The Morgan fingerprint density at radius 1 is 1.19 bits per heavy atom. The van der Waals surface area contributed by atoms with Crippen molar-refractivity contribution in [1.29, 1.82) is 0 Å². The van der Waals surface area contributed by atoms with Gasteiger partial charge < -0.3 is 10.4 Å². The highest BCUT2D eigenvalue weighted by Crippen LogP contribution is 2.21. The molecule has 16 heavy (non-hydrogen) atoms. The average Bonchev–Trinajstić information content (AvgIpc) is 2.24. The smallest absolute Gasteiger partial charge is 0.251 e. The highest BCUT2D eigenvalue weighted by atomic mass is 16.3. The topological polar surface area (TPSA) is 49.3 Å². The standard InChI is InChI=1S/C13H19NO2/c1-8-7-9(2)11(4)12(10(8)3)13(16)14-5-6-15/h7,15H,5-6H2,1-4H3,(H,14,16). The van der Waals surface area contributed by atoms with E-state index in [0.29, 0.717) is 6.54 Å². The molecule has 1 aromatic carbocycles. The van der Waals surface area contributed by atoms with Crippen molar-refractivity contribution in [3.8, 4) is 0 Å². The van der Waals surface area contributed by atoms with Crippen LogP contribution in [0, 0.1) is 27.7 Å². The van der Waals surface area contributed by atoms with Gasteiger partial charge in [-0.3, -0.25) is 4.79 Å². The molecule has 3 nitrogen and oxygen atoms in total. The van der Waals surface area contributed by atoms with Crippen molar-refractivity contribution >= 4 is 5.91 Å². The van der Waals surface area contributed by atoms with Crippen molar-refractivity contribution in [3.05, 3.63) is 33.9 Å². The zero-order valence-corrected chi connectivity index (χ0v) is 10.3. The van der Waals surface area contributed by atoms with Crippen molar-refractivity contribution in [1.82, 2.24) is 5.32 Å². The van der Waals surface area contributed by atoms with Crippen molar-refractivity contribution < 1.29 is 9.90 Å². The number of aliphatic hydroxyl groups is 1. The van der Waals surface area contributed by atoms with Gasteiger partial charge in [0.2, 0.25) is 0 Å². The Balaban J connectivity index is 3.16. The maximum absolute atomic E-state index is 11.9. The number of hydrogen-bond donors (Lipinski definition) is 2. The van der Waals surface area contributed by atoms with Crippen molar-refractivity contribution in [2.45, 2.75) is 27.7 Å². The lowest BCUT2D eigenvalue weighted by Crippen LogP contribution is -2.28. The Hall–Kier alpha value is -1.35. The fraction of sp³-hybridized carbons (Fsp3) is 0.462. The van der Waals surface area contributed by atoms with Gasteiger partial charge in [0, 0.05) is 12.1 Å². The van der Waals surface area contributed by atoms with Crippen LogP contribution < -0.4 is 5.32 Å². The van der Waals surface area contributed by atoms with Gasteiger partial charge in [0.1, 0.15) is 0 Å². The average molecular weight is 221 g/mol. The highest BCUT2D eigenvalue weighted by Gasteiger charge is 2.14. The number of amides is 1. The molecule has 0 saturated carbocycles. The number of nitrogens with one attached hydrogen (secondary N) is 1. The molecule has 0 saturated heterocycles. The molecule has 1 amide bonds. The van der Waals surface area contributed by atoms with Gasteiger partial charge in [-0.2, -0.15) is 0 Å². The second kappa shape index (κ2) is 5.12. The maximum atomic E-state index is 11.9. The molecule has 0 atom stereocenters. The lowest BCUT2D eigenvalue weighted by molar-refractivity contribution is 0.0943. The molecule has 0 aliphatic carbocycles. The number of carbonyl (C=O) groups is 1. The summed E-state index contributed by atoms with van der Waals surface area (Å²) < 4.78 is 0. The molecule has 0 radical (unpaired) electrons. The van der Waals surface area contributed by atoms with E-state index in [2.05, 4.69) is 11.4 Å². The molecule has 0 aromatic heterocycles. The van der Waals surface area contributed by atoms with E-state index >= 15 is 0 Å². The number of aryl methyl sites for hydroxylation is 2. The van der Waals surface area contributed by atoms with E-state index in [1.165, 1.54) is 0 Å². The Labute approximate surface area is 96.5 Å². The van der Waals surface area contributed by atoms with Gasteiger partial charge in [-0.25, -0.2) is 0 Å². The van der Waals surface area contributed by atoms with Crippen LogP contribution in [0.1, 0.15) is 32.6 Å². The summed E-state index contributed by atoms with van der Waals surface area (Å²) in [6.45, 7) is 8.18. The summed E-state index contributed by atoms with van der Waals surface area (Å²) in [7, 11) is 0. The summed E-state index contributed by atoms with van der Waals surface area (Å²) in [6.07, 6.45) is 0. The Kier molecular flexibility index (Phi) is 4.07. The molecular formula is C13H19NO2. The quantitative estimate of drug-likeness (QED) is 0.815. The SMILES string of the molecule is Cc1cc(C)c(C)c(C(=O)NCCO)c1C. The van der Waals surface area contributed by atoms with Gasteiger partial charge in [-0.1, -0.05) is 6.07 Å². The predicted octanol–water partition coefficient (Wildman–Crippen LogP) is 1.64. The first-order chi connectivity index (χ1) is 7.49. The third kappa shape index (κ3) is 2.42. The third-order valence-corrected chi connectivity index (χ3v) is 2.99. The van der Waals surface area contributed by atoms with Crippen LogP contribution in [0.5, 0.6) is 0 Å². The molecule has 0 unspecified atom stereocenters. The molecule has 1 aromatic rings. The van der Waals surface area contributed by atoms with Gasteiger partial charge in [0.25, 0.3) is 5.91 Å². The monoisotopic (exact) mass is 221 g/mol. The first-order valence-electron chi connectivity index (χ1n) is 5.45. The summed E-state index contributed by atoms with van der Waals surface area (Å²) in [5.41, 5.74) is 5.01. The summed E-state index contributed by atoms with van der Waals surface area (Å²) in [4.78, 5) is 11.9. The zero-order valence-electron chi connectivity index (χ0n) is 10.3. The van der Waals surface area contributed by atoms with E-state index < -0.39 is 0 Å². The fourth-order valence-corrected chi connectivity index (χ4v) is 1.82. The van der Waals surface area contributed by atoms with Gasteiger partial charge in [-0.05, 0) is 49.9 Å². The second-order valence-corrected chi connectivity index (χ2v) is 4.11. The van der Waals surface area contributed by atoms with Gasteiger partial charge in [-0.15, -0.1) is 0 Å². The van der Waals surface area contributed by atoms with E-state index in [9.17, 15) is 4.79 Å². The Morgan fingerprint density at radius 2 is 1.69 bits per heavy atom. The zero-order chi connectivity index (χ0) is 12.3. The molecule has 0 bridgehead atoms. The Bertz CT molecular complexity index is 385. The molecule has 1 rings (SSSR count). The van der Waals surface area contributed by atoms with Crippen LogP contribution in [-0.4, -0.2) is 24.2 Å². The third-order valence-electron chi connectivity index (χ3n) is 2.99. The second-order valence-electron chi connectivity index (χ2n) is 4.11. The number of aliphatic hydroxyl groups excluding tert-OH is 1. The van der Waals surface area contributed by atoms with E-state index in [-0.39, 0.29) is 12.5 Å². The molecule has 0 fully saturated rings. The minimum atomic E-state index is -0.101. The van der Waals surface area contributed by atoms with Crippen LogP contribution in [0.15, 0.2) is 6.07 Å². The van der Waals surface area contributed by atoms with Crippen molar-refractivity contribution in [3.63, 3.8) is 0 Å². The fourth-order valence-electron chi connectivity index (χ4n) is 1.82. The largest absolute Gasteiger partial charge is 0.395 e. The minimum absolute atomic E-state index is 0.0331. The predicted molar refractivity (Wildman–Crippen MR) is 64.8 cm³/mol. The summed E-state index contributed by atoms with van der Waals surface area (Å²) in [5, 5.41) is 11.4. The molecule has 2 N–H and O–H groups in total. The summed E-state index contributed by atoms with van der Waals surface area (Å²) >= 11 is 0. The van der Waals surface area contributed by atoms with E-state index in [1.807, 2.05) is 27.7 Å². The van der Waals surface area contributed by atoms with Gasteiger partial charge in [0.15, 0.2) is 0 Å². The van der Waals surface area contributed by atoms with Crippen LogP contribution in [0.3, 0.4) is 0 Å². The van der Waals surface area contributed by atoms with Crippen LogP contribution >= 0.6 is 0 Å². The molecule has 0 aliphatic rings. The molecule has 0 spiro atoms. The molecular weight excluding hydrogens is 202 g/mol. The van der Waals surface area contributed by atoms with Crippen LogP contribution in [0.4, 0.5) is 0 Å². The molecule has 0 heterocycles. The van der Waals surface area contributed by atoms with Crippen LogP contribution in [-0.2, 0) is 0 Å². The number of carbonyl (C=O) groups excluding carboxylic acids is 1. The summed E-state index contributed by atoms with van der Waals surface area (Å²) in [6, 6.07) is 2.09. The van der Waals surface area contributed by atoms with Crippen LogP contribution in [0.25, 0.3) is 0 Å². The van der Waals surface area contributed by atoms with Crippen molar-refractivity contribution in [2.24, 2.45) is 0 Å². The van der Waals surface area contributed by atoms with Crippen LogP contribution in [0.2, 0.25) is 0 Å². The maximum Gasteiger partial charge on any atom is 0.251 e. The lowest BCUT2D eigenvalue weighted by atomic mass is 9.94. The first-order valence-corrected chi connectivity index (χ1v) is 5.45. The van der Waals surface area contributed by atoms with E-state index in [1.54, 1.807) is 0 Å².